The molecule has 0 aromatic carbocycles. The molecular formula is C17H36N2. The molecule has 2 atom stereocenters. The Hall–Kier alpha value is -0.0800. The molecule has 2 nitrogen and oxygen atoms in total. The van der Waals surface area contributed by atoms with E-state index in [0.29, 0.717) is 17.5 Å². The third kappa shape index (κ3) is 5.43. The highest BCUT2D eigenvalue weighted by Gasteiger charge is 2.32. The average Bonchev–Trinajstić information content (AvgIpc) is 2.27. The Morgan fingerprint density at radius 3 is 2.32 bits per heavy atom. The number of rotatable bonds is 6. The molecule has 1 rings (SSSR count). The number of nitrogens with one attached hydrogen (secondary N) is 1. The largest absolute Gasteiger partial charge is 0.311 e. The molecule has 2 unspecified atom stereocenters. The summed E-state index contributed by atoms with van der Waals surface area (Å²) in [4.78, 5) is 2.76. The van der Waals surface area contributed by atoms with Gasteiger partial charge >= 0.3 is 0 Å². The summed E-state index contributed by atoms with van der Waals surface area (Å²) in [5.74, 6) is 1.52. The lowest BCUT2D eigenvalue weighted by Gasteiger charge is -2.46. The van der Waals surface area contributed by atoms with Crippen LogP contribution in [0, 0.1) is 17.3 Å². The van der Waals surface area contributed by atoms with Crippen molar-refractivity contribution in [2.75, 3.05) is 19.6 Å². The van der Waals surface area contributed by atoms with Crippen molar-refractivity contribution in [2.24, 2.45) is 17.3 Å². The second-order valence-electron chi connectivity index (χ2n) is 7.99. The maximum atomic E-state index is 3.77. The van der Waals surface area contributed by atoms with E-state index < -0.39 is 0 Å². The van der Waals surface area contributed by atoms with Crippen molar-refractivity contribution in [3.63, 3.8) is 0 Å². The predicted octanol–water partition coefficient (Wildman–Crippen LogP) is 3.77. The molecular weight excluding hydrogens is 232 g/mol. The number of piperazine rings is 1. The standard InChI is InChI=1S/C17H36N2/c1-8-17(6,7)12-19-11-15(9-13(2)3)18-10-16(19)14(4)5/h13-16,18H,8-12H2,1-7H3. The molecule has 0 bridgehead atoms. The molecule has 1 saturated heterocycles. The Bertz CT molecular complexity index is 258. The SMILES string of the molecule is CCC(C)(C)CN1CC(CC(C)C)NCC1C(C)C. The first kappa shape index (κ1) is 17.0. The van der Waals surface area contributed by atoms with E-state index in [1.54, 1.807) is 0 Å². The van der Waals surface area contributed by atoms with Gasteiger partial charge in [-0.25, -0.2) is 0 Å². The summed E-state index contributed by atoms with van der Waals surface area (Å²) in [5, 5.41) is 3.77. The van der Waals surface area contributed by atoms with Crippen molar-refractivity contribution < 1.29 is 0 Å². The second kappa shape index (κ2) is 7.08. The van der Waals surface area contributed by atoms with Crippen LogP contribution >= 0.6 is 0 Å². The lowest BCUT2D eigenvalue weighted by Crippen LogP contribution is -2.60. The first-order valence-electron chi connectivity index (χ1n) is 8.22. The van der Waals surface area contributed by atoms with Crippen LogP contribution in [0.25, 0.3) is 0 Å². The van der Waals surface area contributed by atoms with Gasteiger partial charge in [-0.05, 0) is 30.1 Å². The molecule has 1 fully saturated rings. The van der Waals surface area contributed by atoms with Crippen LogP contribution in [0.5, 0.6) is 0 Å². The van der Waals surface area contributed by atoms with E-state index in [1.807, 2.05) is 0 Å². The van der Waals surface area contributed by atoms with Gasteiger partial charge in [-0.15, -0.1) is 0 Å². The van der Waals surface area contributed by atoms with Gasteiger partial charge in [0.2, 0.25) is 0 Å². The monoisotopic (exact) mass is 268 g/mol. The van der Waals surface area contributed by atoms with Crippen molar-refractivity contribution in [3.8, 4) is 0 Å². The molecule has 0 spiro atoms. The number of hydrogen-bond acceptors (Lipinski definition) is 2. The smallest absolute Gasteiger partial charge is 0.0244 e. The first-order valence-corrected chi connectivity index (χ1v) is 8.22. The highest BCUT2D eigenvalue weighted by molar-refractivity contribution is 4.90. The zero-order valence-electron chi connectivity index (χ0n) is 14.3. The average molecular weight is 268 g/mol. The van der Waals surface area contributed by atoms with E-state index in [9.17, 15) is 0 Å². The van der Waals surface area contributed by atoms with Crippen LogP contribution in [-0.2, 0) is 0 Å². The zero-order chi connectivity index (χ0) is 14.6. The van der Waals surface area contributed by atoms with E-state index in [4.69, 9.17) is 0 Å². The van der Waals surface area contributed by atoms with E-state index in [1.165, 1.54) is 25.9 Å². The van der Waals surface area contributed by atoms with E-state index in [2.05, 4.69) is 58.7 Å². The lowest BCUT2D eigenvalue weighted by molar-refractivity contribution is 0.0550. The van der Waals surface area contributed by atoms with Crippen molar-refractivity contribution >= 4 is 0 Å². The van der Waals surface area contributed by atoms with Gasteiger partial charge in [-0.3, -0.25) is 4.90 Å². The summed E-state index contributed by atoms with van der Waals surface area (Å²) in [6.07, 6.45) is 2.56. The van der Waals surface area contributed by atoms with E-state index >= 15 is 0 Å². The molecule has 1 N–H and O–H groups in total. The molecule has 2 heteroatoms. The molecule has 0 aliphatic carbocycles. The fraction of sp³-hybridized carbons (Fsp3) is 1.00. The van der Waals surface area contributed by atoms with Gasteiger partial charge in [-0.1, -0.05) is 48.5 Å². The first-order chi connectivity index (χ1) is 8.75. The van der Waals surface area contributed by atoms with Crippen molar-refractivity contribution in [2.45, 2.75) is 73.4 Å². The van der Waals surface area contributed by atoms with Gasteiger partial charge in [0, 0.05) is 31.7 Å². The van der Waals surface area contributed by atoms with Crippen molar-refractivity contribution in [1.82, 2.24) is 10.2 Å². The molecule has 0 aromatic heterocycles. The maximum absolute atomic E-state index is 3.77. The fourth-order valence-corrected chi connectivity index (χ4v) is 3.13. The van der Waals surface area contributed by atoms with Crippen LogP contribution in [0.2, 0.25) is 0 Å². The highest BCUT2D eigenvalue weighted by atomic mass is 15.2. The fourth-order valence-electron chi connectivity index (χ4n) is 3.13. The summed E-state index contributed by atoms with van der Waals surface area (Å²) >= 11 is 0. The van der Waals surface area contributed by atoms with Gasteiger partial charge in [-0.2, -0.15) is 0 Å². The van der Waals surface area contributed by atoms with Crippen LogP contribution in [0.15, 0.2) is 0 Å². The third-order valence-electron chi connectivity index (χ3n) is 4.65. The Balaban J connectivity index is 2.68. The third-order valence-corrected chi connectivity index (χ3v) is 4.65. The Morgan fingerprint density at radius 2 is 1.84 bits per heavy atom. The minimum atomic E-state index is 0.437. The van der Waals surface area contributed by atoms with Crippen LogP contribution in [-0.4, -0.2) is 36.6 Å². The van der Waals surface area contributed by atoms with Crippen molar-refractivity contribution in [3.05, 3.63) is 0 Å². The van der Waals surface area contributed by atoms with E-state index in [-0.39, 0.29) is 0 Å². The number of hydrogen-bond donors (Lipinski definition) is 1. The van der Waals surface area contributed by atoms with Gasteiger partial charge in [0.25, 0.3) is 0 Å². The molecule has 0 aromatic rings. The summed E-state index contributed by atoms with van der Waals surface area (Å²) < 4.78 is 0. The normalized spacial score (nSPS) is 26.4. The Morgan fingerprint density at radius 1 is 1.21 bits per heavy atom. The molecule has 114 valence electrons. The van der Waals surface area contributed by atoms with Gasteiger partial charge in [0.15, 0.2) is 0 Å². The maximum Gasteiger partial charge on any atom is 0.0244 e. The minimum Gasteiger partial charge on any atom is -0.311 e. The topological polar surface area (TPSA) is 15.3 Å². The van der Waals surface area contributed by atoms with Crippen LogP contribution in [0.3, 0.4) is 0 Å². The quantitative estimate of drug-likeness (QED) is 0.789. The molecule has 1 heterocycles. The molecule has 0 radical (unpaired) electrons. The number of nitrogens with zero attached hydrogens (tertiary/aromatic N) is 1. The summed E-state index contributed by atoms with van der Waals surface area (Å²) in [6.45, 7) is 20.1. The van der Waals surface area contributed by atoms with Crippen LogP contribution in [0.1, 0.15) is 61.3 Å². The molecule has 0 saturated carbocycles. The Labute approximate surface area is 121 Å². The molecule has 0 amide bonds. The Kier molecular flexibility index (Phi) is 6.32. The van der Waals surface area contributed by atoms with Crippen LogP contribution in [0.4, 0.5) is 0 Å². The second-order valence-corrected chi connectivity index (χ2v) is 7.99. The molecule has 1 aliphatic rings. The summed E-state index contributed by atoms with van der Waals surface area (Å²) in [7, 11) is 0. The van der Waals surface area contributed by atoms with Gasteiger partial charge in [0.1, 0.15) is 0 Å². The minimum absolute atomic E-state index is 0.437. The molecule has 1 aliphatic heterocycles. The summed E-state index contributed by atoms with van der Waals surface area (Å²) in [6, 6.07) is 1.39. The highest BCUT2D eigenvalue weighted by Crippen LogP contribution is 2.26. The molecule has 19 heavy (non-hydrogen) atoms. The van der Waals surface area contributed by atoms with E-state index in [0.717, 1.165) is 18.4 Å². The zero-order valence-corrected chi connectivity index (χ0v) is 14.3. The van der Waals surface area contributed by atoms with Gasteiger partial charge < -0.3 is 5.32 Å². The lowest BCUT2D eigenvalue weighted by atomic mass is 9.86. The predicted molar refractivity (Wildman–Crippen MR) is 85.5 cm³/mol. The van der Waals surface area contributed by atoms with Crippen molar-refractivity contribution in [1.29, 1.82) is 0 Å². The van der Waals surface area contributed by atoms with Gasteiger partial charge in [0.05, 0.1) is 0 Å². The van der Waals surface area contributed by atoms with Crippen LogP contribution < -0.4 is 5.32 Å². The summed E-state index contributed by atoms with van der Waals surface area (Å²) in [5.41, 5.74) is 0.437.